The van der Waals surface area contributed by atoms with Gasteiger partial charge in [-0.15, -0.1) is 0 Å². The first-order chi connectivity index (χ1) is 32.9. The van der Waals surface area contributed by atoms with Gasteiger partial charge in [0.05, 0.1) is 22.4 Å². The monoisotopic (exact) mass is 863 g/mol. The van der Waals surface area contributed by atoms with Gasteiger partial charge in [-0.05, 0) is 154 Å². The third kappa shape index (κ3) is 7.91. The van der Waals surface area contributed by atoms with E-state index < -0.39 is 0 Å². The third-order valence-corrected chi connectivity index (χ3v) is 12.7. The summed E-state index contributed by atoms with van der Waals surface area (Å²) in [6.07, 6.45) is 0. The van der Waals surface area contributed by atoms with Crippen LogP contribution >= 0.6 is 0 Å². The molecule has 2 heterocycles. The molecular formula is C62H49N5. The molecule has 0 amide bonds. The standard InChI is InChI=1S/C62H49N5/c1-42-19-17-21-46(35-42)57-41-58(64-62(63-57)47-22-18-20-43(2)36-47)54-37-45(4)61(38-44(54)3)67-59-33-31-52(65(48-23-9-5-10-24-48)49-25-11-6-12-26-49)39-55(59)56-40-53(32-34-60(56)67)66(50-27-13-7-14-28-50)51-29-15-8-16-30-51/h5-41H,1-4H3. The Morgan fingerprint density at radius 1 is 0.343 bits per heavy atom. The van der Waals surface area contributed by atoms with E-state index >= 15 is 0 Å². The Balaban J connectivity index is 1.12. The third-order valence-electron chi connectivity index (χ3n) is 12.7. The molecule has 0 aliphatic rings. The maximum atomic E-state index is 5.28. The summed E-state index contributed by atoms with van der Waals surface area (Å²) in [6, 6.07) is 80.2. The van der Waals surface area contributed by atoms with Gasteiger partial charge in [-0.3, -0.25) is 0 Å². The minimum absolute atomic E-state index is 0.716. The second-order valence-corrected chi connectivity index (χ2v) is 17.4. The summed E-state index contributed by atoms with van der Waals surface area (Å²) in [5.74, 6) is 0.716. The Bertz CT molecular complexity index is 3280. The predicted molar refractivity (Wildman–Crippen MR) is 281 cm³/mol. The highest BCUT2D eigenvalue weighted by Gasteiger charge is 2.22. The summed E-state index contributed by atoms with van der Waals surface area (Å²) in [7, 11) is 0. The first-order valence-electron chi connectivity index (χ1n) is 22.9. The van der Waals surface area contributed by atoms with Crippen LogP contribution in [0.1, 0.15) is 22.3 Å². The lowest BCUT2D eigenvalue weighted by molar-refractivity contribution is 1.13. The molecule has 0 atom stereocenters. The van der Waals surface area contributed by atoms with E-state index in [0.29, 0.717) is 5.82 Å². The van der Waals surface area contributed by atoms with Crippen molar-refractivity contribution in [2.24, 2.45) is 0 Å². The van der Waals surface area contributed by atoms with Crippen molar-refractivity contribution >= 4 is 55.9 Å². The largest absolute Gasteiger partial charge is 0.310 e. The molecule has 11 rings (SSSR count). The van der Waals surface area contributed by atoms with Crippen LogP contribution in [-0.2, 0) is 0 Å². The van der Waals surface area contributed by atoms with Gasteiger partial charge in [0.1, 0.15) is 0 Å². The van der Waals surface area contributed by atoms with E-state index in [1.807, 2.05) is 0 Å². The number of fused-ring (bicyclic) bond motifs is 3. The minimum Gasteiger partial charge on any atom is -0.310 e. The summed E-state index contributed by atoms with van der Waals surface area (Å²) >= 11 is 0. The highest BCUT2D eigenvalue weighted by molar-refractivity contribution is 6.12. The molecular weight excluding hydrogens is 815 g/mol. The number of aromatic nitrogens is 3. The molecule has 0 saturated heterocycles. The number of aryl methyl sites for hydroxylation is 4. The van der Waals surface area contributed by atoms with Gasteiger partial charge < -0.3 is 14.4 Å². The van der Waals surface area contributed by atoms with E-state index in [0.717, 1.165) is 101 Å². The number of benzene rings is 9. The van der Waals surface area contributed by atoms with E-state index in [1.54, 1.807) is 0 Å². The quantitative estimate of drug-likeness (QED) is 0.137. The molecule has 5 nitrogen and oxygen atoms in total. The second kappa shape index (κ2) is 17.4. The van der Waals surface area contributed by atoms with Crippen molar-refractivity contribution in [1.29, 1.82) is 0 Å². The zero-order valence-electron chi connectivity index (χ0n) is 38.1. The summed E-state index contributed by atoms with van der Waals surface area (Å²) in [5, 5.41) is 2.32. The fourth-order valence-corrected chi connectivity index (χ4v) is 9.51. The van der Waals surface area contributed by atoms with Crippen LogP contribution in [0, 0.1) is 27.7 Å². The highest BCUT2D eigenvalue weighted by atomic mass is 15.1. The molecule has 67 heavy (non-hydrogen) atoms. The first-order valence-corrected chi connectivity index (χ1v) is 22.9. The minimum atomic E-state index is 0.716. The van der Waals surface area contributed by atoms with E-state index in [1.165, 1.54) is 11.1 Å². The van der Waals surface area contributed by atoms with E-state index in [4.69, 9.17) is 9.97 Å². The van der Waals surface area contributed by atoms with Gasteiger partial charge in [-0.2, -0.15) is 0 Å². The maximum absolute atomic E-state index is 5.28. The lowest BCUT2D eigenvalue weighted by Gasteiger charge is -2.26. The average Bonchev–Trinajstić information content (AvgIpc) is 3.68. The fourth-order valence-electron chi connectivity index (χ4n) is 9.51. The van der Waals surface area contributed by atoms with E-state index in [2.05, 4.69) is 267 Å². The van der Waals surface area contributed by atoms with Crippen molar-refractivity contribution < 1.29 is 0 Å². The normalized spacial score (nSPS) is 11.3. The molecule has 11 aromatic rings. The molecule has 2 aromatic heterocycles. The first kappa shape index (κ1) is 41.2. The topological polar surface area (TPSA) is 37.2 Å². The van der Waals surface area contributed by atoms with Gasteiger partial charge in [0.25, 0.3) is 0 Å². The molecule has 0 spiro atoms. The van der Waals surface area contributed by atoms with Crippen LogP contribution < -0.4 is 9.80 Å². The smallest absolute Gasteiger partial charge is 0.160 e. The molecule has 9 aromatic carbocycles. The van der Waals surface area contributed by atoms with Crippen LogP contribution in [0.3, 0.4) is 0 Å². The van der Waals surface area contributed by atoms with Gasteiger partial charge >= 0.3 is 0 Å². The lowest BCUT2D eigenvalue weighted by Crippen LogP contribution is -2.09. The van der Waals surface area contributed by atoms with Gasteiger partial charge in [-0.25, -0.2) is 9.97 Å². The van der Waals surface area contributed by atoms with Crippen LogP contribution in [0.15, 0.2) is 224 Å². The number of hydrogen-bond donors (Lipinski definition) is 0. The molecule has 0 radical (unpaired) electrons. The number of hydrogen-bond acceptors (Lipinski definition) is 4. The molecule has 0 aliphatic carbocycles. The van der Waals surface area contributed by atoms with Crippen molar-refractivity contribution in [2.75, 3.05) is 9.80 Å². The molecule has 0 saturated carbocycles. The van der Waals surface area contributed by atoms with Crippen molar-refractivity contribution in [2.45, 2.75) is 27.7 Å². The molecule has 5 heteroatoms. The predicted octanol–water partition coefficient (Wildman–Crippen LogP) is 16.7. The van der Waals surface area contributed by atoms with Gasteiger partial charge in [0, 0.05) is 67.3 Å². The molecule has 322 valence electrons. The van der Waals surface area contributed by atoms with Gasteiger partial charge in [0.2, 0.25) is 0 Å². The zero-order valence-corrected chi connectivity index (χ0v) is 38.1. The van der Waals surface area contributed by atoms with Crippen LogP contribution in [0.5, 0.6) is 0 Å². The van der Waals surface area contributed by atoms with Gasteiger partial charge in [-0.1, -0.05) is 120 Å². The Kier molecular flexibility index (Phi) is 10.7. The van der Waals surface area contributed by atoms with Crippen LogP contribution in [0.4, 0.5) is 34.1 Å². The summed E-state index contributed by atoms with van der Waals surface area (Å²) in [6.45, 7) is 8.67. The van der Waals surface area contributed by atoms with Crippen LogP contribution in [0.2, 0.25) is 0 Å². The fraction of sp³-hybridized carbons (Fsp3) is 0.0645. The zero-order chi connectivity index (χ0) is 45.4. The Hall–Kier alpha value is -8.54. The van der Waals surface area contributed by atoms with E-state index in [9.17, 15) is 0 Å². The highest BCUT2D eigenvalue weighted by Crippen LogP contribution is 2.44. The molecule has 0 fully saturated rings. The lowest BCUT2D eigenvalue weighted by atomic mass is 9.98. The van der Waals surface area contributed by atoms with Gasteiger partial charge in [0.15, 0.2) is 5.82 Å². The number of nitrogens with zero attached hydrogens (tertiary/aromatic N) is 5. The summed E-state index contributed by atoms with van der Waals surface area (Å²) in [5.41, 5.74) is 19.5. The molecule has 0 unspecified atom stereocenters. The van der Waals surface area contributed by atoms with E-state index in [-0.39, 0.29) is 0 Å². The van der Waals surface area contributed by atoms with Crippen molar-refractivity contribution in [1.82, 2.24) is 14.5 Å². The SMILES string of the molecule is Cc1cccc(-c2cc(-c3cc(C)c(-n4c5ccc(N(c6ccccc6)c6ccccc6)cc5c5cc(N(c6ccccc6)c6ccccc6)ccc54)cc3C)nc(-c3cccc(C)c3)n2)c1. The Morgan fingerprint density at radius 3 is 1.27 bits per heavy atom. The maximum Gasteiger partial charge on any atom is 0.160 e. The number of rotatable bonds is 10. The summed E-state index contributed by atoms with van der Waals surface area (Å²) < 4.78 is 2.45. The van der Waals surface area contributed by atoms with Crippen LogP contribution in [0.25, 0.3) is 61.4 Å². The summed E-state index contributed by atoms with van der Waals surface area (Å²) in [4.78, 5) is 15.1. The Labute approximate surface area is 392 Å². The number of para-hydroxylation sites is 4. The molecule has 0 aliphatic heterocycles. The van der Waals surface area contributed by atoms with Crippen molar-refractivity contribution in [3.8, 4) is 39.6 Å². The molecule has 0 bridgehead atoms. The van der Waals surface area contributed by atoms with Crippen molar-refractivity contribution in [3.05, 3.63) is 247 Å². The Morgan fingerprint density at radius 2 is 0.791 bits per heavy atom. The van der Waals surface area contributed by atoms with Crippen LogP contribution in [-0.4, -0.2) is 14.5 Å². The second-order valence-electron chi connectivity index (χ2n) is 17.4. The number of anilines is 6. The average molecular weight is 864 g/mol. The molecule has 0 N–H and O–H groups in total. The van der Waals surface area contributed by atoms with Crippen molar-refractivity contribution in [3.63, 3.8) is 0 Å².